The van der Waals surface area contributed by atoms with Gasteiger partial charge in [0.1, 0.15) is 5.78 Å². The number of nitrogens with zero attached hydrogens (tertiary/aromatic N) is 3. The molecule has 0 aliphatic heterocycles. The number of Topliss-reactive ketones (excluding diaryl/α,β-unsaturated/α-hetero) is 3. The van der Waals surface area contributed by atoms with Crippen molar-refractivity contribution in [2.75, 3.05) is 19.3 Å². The summed E-state index contributed by atoms with van der Waals surface area (Å²) in [4.78, 5) is 81.8. The SMILES string of the molecule is CC(=O)C[C@@H](CCCCN)C(=O)N[C@@H](Cc1cn(CCP(=O)(O)O)nn1)C(=O)C[C@@H](C)C(=O)N[C@@H](CCCCN)C(C)=O. The van der Waals surface area contributed by atoms with Gasteiger partial charge in [0.25, 0.3) is 0 Å². The van der Waals surface area contributed by atoms with Gasteiger partial charge in [-0.05, 0) is 59.0 Å². The average Bonchev–Trinajstić information content (AvgIpc) is 3.37. The Bertz CT molecular complexity index is 1120. The van der Waals surface area contributed by atoms with E-state index in [9.17, 15) is 28.5 Å². The van der Waals surface area contributed by atoms with Crippen LogP contribution in [-0.2, 0) is 41.5 Å². The van der Waals surface area contributed by atoms with Crippen LogP contribution in [0.2, 0.25) is 0 Å². The maximum absolute atomic E-state index is 13.5. The second-order valence-electron chi connectivity index (χ2n) is 11.0. The van der Waals surface area contributed by atoms with E-state index in [-0.39, 0.29) is 43.1 Å². The van der Waals surface area contributed by atoms with Crippen molar-refractivity contribution >= 4 is 36.8 Å². The molecule has 0 bridgehead atoms. The van der Waals surface area contributed by atoms with Gasteiger partial charge in [-0.15, -0.1) is 5.10 Å². The molecule has 8 N–H and O–H groups in total. The van der Waals surface area contributed by atoms with Crippen LogP contribution in [0.3, 0.4) is 0 Å². The molecule has 16 heteroatoms. The number of carbonyl (C=O) groups is 5. The van der Waals surface area contributed by atoms with E-state index < -0.39 is 55.3 Å². The third-order valence-electron chi connectivity index (χ3n) is 6.95. The second kappa shape index (κ2) is 19.4. The van der Waals surface area contributed by atoms with Crippen LogP contribution in [0.25, 0.3) is 0 Å². The Hall–Kier alpha value is -2.84. The Morgan fingerprint density at radius 2 is 1.53 bits per heavy atom. The van der Waals surface area contributed by atoms with Crippen LogP contribution in [0.15, 0.2) is 6.20 Å². The van der Waals surface area contributed by atoms with E-state index in [4.69, 9.17) is 21.3 Å². The number of nitrogens with two attached hydrogens (primary N) is 2. The standard InChI is InChI=1S/C27H48N7O8P/c1-18(26(38)30-23(20(3)36)9-5-7-11-29)14-25(37)24(16-22-17-34(33-32-22)12-13-43(40,41)42)31-27(39)21(15-19(2)35)8-4-6-10-28/h17-18,21,23-24H,4-16,28-29H2,1-3H3,(H,30,38)(H,31,39)(H2,40,41,42)/t18-,21-,23+,24+/m1/s1. The number of nitrogens with one attached hydrogen (secondary N) is 2. The number of carbonyl (C=O) groups excluding carboxylic acids is 5. The molecular weight excluding hydrogens is 581 g/mol. The number of unbranched alkanes of at least 4 members (excludes halogenated alkanes) is 2. The molecule has 4 atom stereocenters. The van der Waals surface area contributed by atoms with E-state index in [0.29, 0.717) is 51.6 Å². The monoisotopic (exact) mass is 629 g/mol. The minimum atomic E-state index is -4.27. The van der Waals surface area contributed by atoms with E-state index in [0.717, 1.165) is 0 Å². The average molecular weight is 630 g/mol. The van der Waals surface area contributed by atoms with Crippen molar-refractivity contribution in [1.82, 2.24) is 25.6 Å². The van der Waals surface area contributed by atoms with Crippen LogP contribution in [0.4, 0.5) is 0 Å². The lowest BCUT2D eigenvalue weighted by molar-refractivity contribution is -0.134. The minimum absolute atomic E-state index is 0.00866. The largest absolute Gasteiger partial charge is 0.346 e. The zero-order valence-electron chi connectivity index (χ0n) is 25.4. The number of hydrogen-bond donors (Lipinski definition) is 6. The summed E-state index contributed by atoms with van der Waals surface area (Å²) < 4.78 is 12.4. The molecule has 1 aromatic heterocycles. The summed E-state index contributed by atoms with van der Waals surface area (Å²) in [5.41, 5.74) is 11.4. The molecule has 43 heavy (non-hydrogen) atoms. The number of amides is 2. The summed E-state index contributed by atoms with van der Waals surface area (Å²) in [5, 5.41) is 13.2. The minimum Gasteiger partial charge on any atom is -0.346 e. The topological polar surface area (TPSA) is 250 Å². The van der Waals surface area contributed by atoms with Crippen molar-refractivity contribution in [2.45, 2.75) is 97.2 Å². The predicted molar refractivity (Wildman–Crippen MR) is 159 cm³/mol. The Balaban J connectivity index is 3.09. The molecule has 1 aromatic rings. The summed E-state index contributed by atoms with van der Waals surface area (Å²) >= 11 is 0. The summed E-state index contributed by atoms with van der Waals surface area (Å²) in [6.07, 6.45) is 4.09. The van der Waals surface area contributed by atoms with Crippen molar-refractivity contribution in [3.8, 4) is 0 Å². The first-order valence-electron chi connectivity index (χ1n) is 14.6. The molecule has 0 radical (unpaired) electrons. The van der Waals surface area contributed by atoms with Crippen LogP contribution in [-0.4, -0.2) is 85.3 Å². The first kappa shape index (κ1) is 38.2. The molecule has 0 aromatic carbocycles. The number of aromatic nitrogens is 3. The third kappa shape index (κ3) is 16.0. The van der Waals surface area contributed by atoms with Crippen LogP contribution >= 0.6 is 7.60 Å². The van der Waals surface area contributed by atoms with E-state index in [2.05, 4.69) is 20.9 Å². The molecule has 0 aliphatic rings. The van der Waals surface area contributed by atoms with E-state index in [1.807, 2.05) is 0 Å². The molecule has 1 rings (SSSR count). The van der Waals surface area contributed by atoms with Gasteiger partial charge in [-0.1, -0.05) is 18.6 Å². The van der Waals surface area contributed by atoms with Crippen molar-refractivity contribution in [3.05, 3.63) is 11.9 Å². The molecule has 0 unspecified atom stereocenters. The summed E-state index contributed by atoms with van der Waals surface area (Å²) in [6, 6.07) is -1.82. The lowest BCUT2D eigenvalue weighted by Gasteiger charge is -2.23. The first-order valence-corrected chi connectivity index (χ1v) is 16.4. The van der Waals surface area contributed by atoms with Gasteiger partial charge in [-0.25, -0.2) is 0 Å². The van der Waals surface area contributed by atoms with Crippen molar-refractivity contribution in [3.63, 3.8) is 0 Å². The second-order valence-corrected chi connectivity index (χ2v) is 12.8. The van der Waals surface area contributed by atoms with E-state index >= 15 is 0 Å². The van der Waals surface area contributed by atoms with E-state index in [1.165, 1.54) is 24.7 Å². The highest BCUT2D eigenvalue weighted by molar-refractivity contribution is 7.51. The lowest BCUT2D eigenvalue weighted by Crippen LogP contribution is -2.47. The summed E-state index contributed by atoms with van der Waals surface area (Å²) in [7, 11) is -4.27. The maximum atomic E-state index is 13.5. The zero-order chi connectivity index (χ0) is 32.6. The Morgan fingerprint density at radius 1 is 0.930 bits per heavy atom. The van der Waals surface area contributed by atoms with Gasteiger partial charge in [0.2, 0.25) is 11.8 Å². The molecule has 0 aliphatic carbocycles. The molecule has 244 valence electrons. The van der Waals surface area contributed by atoms with Gasteiger partial charge >= 0.3 is 7.60 Å². The Kier molecular flexibility index (Phi) is 17.3. The maximum Gasteiger partial charge on any atom is 0.327 e. The van der Waals surface area contributed by atoms with Crippen LogP contribution in [0.5, 0.6) is 0 Å². The quantitative estimate of drug-likeness (QED) is 0.0692. The zero-order valence-corrected chi connectivity index (χ0v) is 26.3. The molecule has 0 fully saturated rings. The van der Waals surface area contributed by atoms with E-state index in [1.54, 1.807) is 6.92 Å². The molecule has 0 spiro atoms. The van der Waals surface area contributed by atoms with Gasteiger partial charge in [-0.3, -0.25) is 28.4 Å². The smallest absolute Gasteiger partial charge is 0.327 e. The first-order chi connectivity index (χ1) is 20.2. The highest BCUT2D eigenvalue weighted by atomic mass is 31.2. The third-order valence-corrected chi connectivity index (χ3v) is 7.73. The summed E-state index contributed by atoms with van der Waals surface area (Å²) in [6.45, 7) is 5.11. The highest BCUT2D eigenvalue weighted by Crippen LogP contribution is 2.33. The number of rotatable bonds is 23. The van der Waals surface area contributed by atoms with Crippen molar-refractivity contribution < 1.29 is 38.3 Å². The Labute approximate surface area is 252 Å². The number of aryl methyl sites for hydroxylation is 1. The Morgan fingerprint density at radius 3 is 2.09 bits per heavy atom. The fourth-order valence-electron chi connectivity index (χ4n) is 4.45. The highest BCUT2D eigenvalue weighted by Gasteiger charge is 2.30. The van der Waals surface area contributed by atoms with Gasteiger partial charge in [0, 0.05) is 37.3 Å². The summed E-state index contributed by atoms with van der Waals surface area (Å²) in [5.74, 6) is -3.32. The predicted octanol–water partition coefficient (Wildman–Crippen LogP) is 0.00550. The van der Waals surface area contributed by atoms with Gasteiger partial charge in [0.15, 0.2) is 11.6 Å². The van der Waals surface area contributed by atoms with Gasteiger partial charge in [0.05, 0.1) is 30.5 Å². The fraction of sp³-hybridized carbons (Fsp3) is 0.741. The molecule has 1 heterocycles. The van der Waals surface area contributed by atoms with Crippen molar-refractivity contribution in [1.29, 1.82) is 0 Å². The van der Waals surface area contributed by atoms with Gasteiger partial charge < -0.3 is 36.7 Å². The van der Waals surface area contributed by atoms with Crippen LogP contribution in [0.1, 0.15) is 77.8 Å². The fourth-order valence-corrected chi connectivity index (χ4v) is 4.91. The van der Waals surface area contributed by atoms with Crippen LogP contribution < -0.4 is 22.1 Å². The molecular formula is C27H48N7O8P. The lowest BCUT2D eigenvalue weighted by atomic mass is 9.93. The number of hydrogen-bond acceptors (Lipinski definition) is 10. The molecule has 2 amide bonds. The van der Waals surface area contributed by atoms with Crippen molar-refractivity contribution in [2.24, 2.45) is 23.3 Å². The molecule has 15 nitrogen and oxygen atoms in total. The molecule has 0 saturated carbocycles. The molecule has 0 saturated heterocycles. The van der Waals surface area contributed by atoms with Gasteiger partial charge in [-0.2, -0.15) is 0 Å². The normalized spacial score (nSPS) is 14.4. The number of ketones is 3. The van der Waals surface area contributed by atoms with Crippen LogP contribution in [0, 0.1) is 11.8 Å².